The summed E-state index contributed by atoms with van der Waals surface area (Å²) in [5, 5.41) is 1.72. The number of H-pyrrole nitrogens is 2. The number of nitrogens with one attached hydrogen (secondary N) is 2. The molecule has 0 aliphatic carbocycles. The standard InChI is InChI=1S/C17H12F2N2/c18-12-1-3-16-14(6-12)10(8-20-16)5-11-9-21-17-4-2-13(19)7-15(11)17/h1-4,6-9,20-21H,5H2. The molecule has 4 heteroatoms. The highest BCUT2D eigenvalue weighted by atomic mass is 19.1. The highest BCUT2D eigenvalue weighted by molar-refractivity contribution is 5.86. The molecule has 0 unspecified atom stereocenters. The van der Waals surface area contributed by atoms with E-state index < -0.39 is 0 Å². The molecule has 0 aliphatic rings. The third kappa shape index (κ3) is 2.00. The Morgan fingerprint density at radius 2 is 1.19 bits per heavy atom. The molecule has 2 nitrogen and oxygen atoms in total. The lowest BCUT2D eigenvalue weighted by molar-refractivity contribution is 0.629. The van der Waals surface area contributed by atoms with Crippen molar-refractivity contribution in [2.24, 2.45) is 0 Å². The Balaban J connectivity index is 1.82. The van der Waals surface area contributed by atoms with Gasteiger partial charge in [-0.25, -0.2) is 8.78 Å². The van der Waals surface area contributed by atoms with Crippen LogP contribution in [-0.4, -0.2) is 9.97 Å². The zero-order valence-corrected chi connectivity index (χ0v) is 11.1. The number of hydrogen-bond acceptors (Lipinski definition) is 0. The Hall–Kier alpha value is -2.62. The Morgan fingerprint density at radius 3 is 1.67 bits per heavy atom. The Morgan fingerprint density at radius 1 is 0.714 bits per heavy atom. The van der Waals surface area contributed by atoms with E-state index in [4.69, 9.17) is 0 Å². The maximum absolute atomic E-state index is 13.4. The second-order valence-electron chi connectivity index (χ2n) is 5.18. The topological polar surface area (TPSA) is 31.6 Å². The first kappa shape index (κ1) is 12.1. The highest BCUT2D eigenvalue weighted by Gasteiger charge is 2.10. The maximum atomic E-state index is 13.4. The smallest absolute Gasteiger partial charge is 0.123 e. The van der Waals surface area contributed by atoms with Gasteiger partial charge in [-0.2, -0.15) is 0 Å². The van der Waals surface area contributed by atoms with Crippen LogP contribution in [0.5, 0.6) is 0 Å². The minimum absolute atomic E-state index is 0.256. The van der Waals surface area contributed by atoms with Gasteiger partial charge in [0.05, 0.1) is 0 Å². The van der Waals surface area contributed by atoms with E-state index in [2.05, 4.69) is 9.97 Å². The van der Waals surface area contributed by atoms with Crippen molar-refractivity contribution in [1.29, 1.82) is 0 Å². The molecule has 0 fully saturated rings. The van der Waals surface area contributed by atoms with Gasteiger partial charge in [0, 0.05) is 40.6 Å². The molecule has 0 bridgehead atoms. The molecule has 0 spiro atoms. The van der Waals surface area contributed by atoms with Crippen LogP contribution >= 0.6 is 0 Å². The lowest BCUT2D eigenvalue weighted by Gasteiger charge is -2.00. The van der Waals surface area contributed by atoms with Gasteiger partial charge in [0.25, 0.3) is 0 Å². The molecule has 0 radical (unpaired) electrons. The summed E-state index contributed by atoms with van der Waals surface area (Å²) in [7, 11) is 0. The summed E-state index contributed by atoms with van der Waals surface area (Å²) >= 11 is 0. The monoisotopic (exact) mass is 282 g/mol. The zero-order chi connectivity index (χ0) is 14.4. The molecule has 104 valence electrons. The molecular formula is C17H12F2N2. The molecule has 0 amide bonds. The summed E-state index contributed by atoms with van der Waals surface area (Å²) in [5.74, 6) is -0.512. The van der Waals surface area contributed by atoms with Crippen LogP contribution in [0, 0.1) is 11.6 Å². The van der Waals surface area contributed by atoms with E-state index in [0.717, 1.165) is 32.9 Å². The maximum Gasteiger partial charge on any atom is 0.123 e. The van der Waals surface area contributed by atoms with E-state index >= 15 is 0 Å². The van der Waals surface area contributed by atoms with Crippen LogP contribution in [0.4, 0.5) is 8.78 Å². The Kier molecular flexibility index (Phi) is 2.57. The van der Waals surface area contributed by atoms with E-state index in [1.165, 1.54) is 24.3 Å². The van der Waals surface area contributed by atoms with Crippen molar-refractivity contribution >= 4 is 21.8 Å². The van der Waals surface area contributed by atoms with Crippen LogP contribution in [0.25, 0.3) is 21.8 Å². The van der Waals surface area contributed by atoms with Gasteiger partial charge in [-0.05, 0) is 47.5 Å². The third-order valence-electron chi connectivity index (χ3n) is 3.84. The van der Waals surface area contributed by atoms with Gasteiger partial charge >= 0.3 is 0 Å². The first-order chi connectivity index (χ1) is 10.2. The number of hydrogen-bond donors (Lipinski definition) is 2. The fourth-order valence-electron chi connectivity index (χ4n) is 2.80. The Bertz CT molecular complexity index is 872. The molecule has 4 rings (SSSR count). The first-order valence-electron chi connectivity index (χ1n) is 6.72. The second-order valence-corrected chi connectivity index (χ2v) is 5.18. The third-order valence-corrected chi connectivity index (χ3v) is 3.84. The number of aromatic nitrogens is 2. The summed E-state index contributed by atoms with van der Waals surface area (Å²) in [6, 6.07) is 9.37. The lowest BCUT2D eigenvalue weighted by Crippen LogP contribution is -1.86. The summed E-state index contributed by atoms with van der Waals surface area (Å²) < 4.78 is 26.8. The van der Waals surface area contributed by atoms with Crippen molar-refractivity contribution in [3.8, 4) is 0 Å². The summed E-state index contributed by atoms with van der Waals surface area (Å²) in [6.07, 6.45) is 4.37. The first-order valence-corrected chi connectivity index (χ1v) is 6.72. The molecule has 0 aliphatic heterocycles. The average molecular weight is 282 g/mol. The summed E-state index contributed by atoms with van der Waals surface area (Å²) in [5.41, 5.74) is 3.79. The number of fused-ring (bicyclic) bond motifs is 2. The molecular weight excluding hydrogens is 270 g/mol. The van der Waals surface area contributed by atoms with Crippen molar-refractivity contribution < 1.29 is 8.78 Å². The van der Waals surface area contributed by atoms with Gasteiger partial charge in [-0.1, -0.05) is 0 Å². The fourth-order valence-corrected chi connectivity index (χ4v) is 2.80. The minimum Gasteiger partial charge on any atom is -0.361 e. The van der Waals surface area contributed by atoms with E-state index in [1.54, 1.807) is 12.1 Å². The van der Waals surface area contributed by atoms with Gasteiger partial charge in [0.15, 0.2) is 0 Å². The predicted molar refractivity (Wildman–Crippen MR) is 79.3 cm³/mol. The van der Waals surface area contributed by atoms with Crippen LogP contribution < -0.4 is 0 Å². The number of rotatable bonds is 2. The number of aromatic amines is 2. The minimum atomic E-state index is -0.256. The quantitative estimate of drug-likeness (QED) is 0.542. The van der Waals surface area contributed by atoms with Crippen LogP contribution in [0.3, 0.4) is 0 Å². The molecule has 2 heterocycles. The van der Waals surface area contributed by atoms with Gasteiger partial charge < -0.3 is 9.97 Å². The number of benzene rings is 2. The van der Waals surface area contributed by atoms with E-state index in [0.29, 0.717) is 6.42 Å². The van der Waals surface area contributed by atoms with Crippen LogP contribution in [0.2, 0.25) is 0 Å². The predicted octanol–water partition coefficient (Wildman–Crippen LogP) is 4.52. The summed E-state index contributed by atoms with van der Waals surface area (Å²) in [6.45, 7) is 0. The van der Waals surface area contributed by atoms with E-state index in [-0.39, 0.29) is 11.6 Å². The van der Waals surface area contributed by atoms with Crippen LogP contribution in [0.1, 0.15) is 11.1 Å². The largest absolute Gasteiger partial charge is 0.361 e. The second kappa shape index (κ2) is 4.45. The number of halogens is 2. The van der Waals surface area contributed by atoms with Gasteiger partial charge in [-0.3, -0.25) is 0 Å². The average Bonchev–Trinajstić information content (AvgIpc) is 3.04. The lowest BCUT2D eigenvalue weighted by atomic mass is 10.0. The summed E-state index contributed by atoms with van der Waals surface area (Å²) in [4.78, 5) is 6.27. The zero-order valence-electron chi connectivity index (χ0n) is 11.1. The van der Waals surface area contributed by atoms with Crippen molar-refractivity contribution in [2.45, 2.75) is 6.42 Å². The molecule has 2 N–H and O–H groups in total. The fraction of sp³-hybridized carbons (Fsp3) is 0.0588. The van der Waals surface area contributed by atoms with Crippen molar-refractivity contribution in [3.05, 3.63) is 71.6 Å². The molecule has 0 atom stereocenters. The van der Waals surface area contributed by atoms with Gasteiger partial charge in [0.1, 0.15) is 11.6 Å². The van der Waals surface area contributed by atoms with Gasteiger partial charge in [0.2, 0.25) is 0 Å². The molecule has 2 aromatic carbocycles. The van der Waals surface area contributed by atoms with Crippen molar-refractivity contribution in [1.82, 2.24) is 9.97 Å². The van der Waals surface area contributed by atoms with Crippen LogP contribution in [-0.2, 0) is 6.42 Å². The van der Waals surface area contributed by atoms with E-state index in [9.17, 15) is 8.78 Å². The van der Waals surface area contributed by atoms with Gasteiger partial charge in [-0.15, -0.1) is 0 Å². The molecule has 0 saturated carbocycles. The SMILES string of the molecule is Fc1ccc2[nH]cc(Cc3c[nH]c4ccc(F)cc34)c2c1. The molecule has 21 heavy (non-hydrogen) atoms. The molecule has 2 aromatic heterocycles. The Labute approximate surface area is 119 Å². The van der Waals surface area contributed by atoms with Crippen molar-refractivity contribution in [3.63, 3.8) is 0 Å². The molecule has 4 aromatic rings. The van der Waals surface area contributed by atoms with E-state index in [1.807, 2.05) is 12.4 Å². The van der Waals surface area contributed by atoms with Crippen LogP contribution in [0.15, 0.2) is 48.8 Å². The highest BCUT2D eigenvalue weighted by Crippen LogP contribution is 2.26. The van der Waals surface area contributed by atoms with Crippen molar-refractivity contribution in [2.75, 3.05) is 0 Å². The molecule has 0 saturated heterocycles. The normalized spacial score (nSPS) is 11.5.